The van der Waals surface area contributed by atoms with Crippen molar-refractivity contribution in [3.05, 3.63) is 36.2 Å². The molecule has 1 amide bonds. The minimum Gasteiger partial charge on any atom is -0.379 e. The molecule has 0 aromatic carbocycles. The predicted octanol–water partition coefficient (Wildman–Crippen LogP) is -0.0324. The summed E-state index contributed by atoms with van der Waals surface area (Å²) in [5, 5.41) is -0.503. The van der Waals surface area contributed by atoms with Gasteiger partial charge in [0.05, 0.1) is 13.2 Å². The second-order valence-corrected chi connectivity index (χ2v) is 7.75. The lowest BCUT2D eigenvalue weighted by Gasteiger charge is -2.41. The van der Waals surface area contributed by atoms with E-state index in [0.29, 0.717) is 26.3 Å². The number of hydrogen-bond acceptors (Lipinski definition) is 5. The highest BCUT2D eigenvalue weighted by atomic mass is 32.2. The summed E-state index contributed by atoms with van der Waals surface area (Å²) in [6.45, 7) is 2.15. The summed E-state index contributed by atoms with van der Waals surface area (Å²) in [7, 11) is -3.33. The zero-order valence-corrected chi connectivity index (χ0v) is 13.5. The molecule has 0 N–H and O–H groups in total. The summed E-state index contributed by atoms with van der Waals surface area (Å²) in [5.74, 6) is -0.178. The highest BCUT2D eigenvalue weighted by Crippen LogP contribution is 2.21. The molecule has 3 heterocycles. The van der Waals surface area contributed by atoms with E-state index in [1.54, 1.807) is 24.5 Å². The molecule has 0 radical (unpaired) electrons. The number of rotatable bonds is 4. The van der Waals surface area contributed by atoms with Crippen LogP contribution in [0.2, 0.25) is 0 Å². The Hall–Kier alpha value is -1.77. The van der Waals surface area contributed by atoms with E-state index in [2.05, 4.69) is 4.98 Å². The standard InChI is InChI=1S/C15H19N3O4S/c19-15(4-3-13-2-1-5-16-10-13)17-11-14(12-17)23(20,21)18-6-8-22-9-7-18/h1-5,10,14H,6-9,11-12H2. The molecule has 0 saturated carbocycles. The molecule has 0 aliphatic carbocycles. The van der Waals surface area contributed by atoms with Crippen molar-refractivity contribution >= 4 is 22.0 Å². The molecule has 2 saturated heterocycles. The predicted molar refractivity (Wildman–Crippen MR) is 85.0 cm³/mol. The van der Waals surface area contributed by atoms with Crippen LogP contribution in [0.3, 0.4) is 0 Å². The first kappa shape index (κ1) is 16.1. The first-order chi connectivity index (χ1) is 11.1. The summed E-state index contributed by atoms with van der Waals surface area (Å²) in [5.41, 5.74) is 0.832. The molecule has 23 heavy (non-hydrogen) atoms. The van der Waals surface area contributed by atoms with Crippen molar-refractivity contribution in [3.63, 3.8) is 0 Å². The molecule has 2 fully saturated rings. The van der Waals surface area contributed by atoms with Crippen LogP contribution in [0, 0.1) is 0 Å². The van der Waals surface area contributed by atoms with Crippen LogP contribution in [0.1, 0.15) is 5.56 Å². The Labute approximate surface area is 135 Å². The van der Waals surface area contributed by atoms with Gasteiger partial charge in [0, 0.05) is 44.6 Å². The van der Waals surface area contributed by atoms with Gasteiger partial charge >= 0.3 is 0 Å². The molecular weight excluding hydrogens is 318 g/mol. The van der Waals surface area contributed by atoms with Crippen molar-refractivity contribution in [2.75, 3.05) is 39.4 Å². The molecule has 0 atom stereocenters. The number of likely N-dealkylation sites (tertiary alicyclic amines) is 1. The first-order valence-electron chi connectivity index (χ1n) is 7.51. The van der Waals surface area contributed by atoms with Gasteiger partial charge in [-0.25, -0.2) is 8.42 Å². The summed E-state index contributed by atoms with van der Waals surface area (Å²) in [6, 6.07) is 3.64. The first-order valence-corrected chi connectivity index (χ1v) is 9.01. The van der Waals surface area contributed by atoms with E-state index in [-0.39, 0.29) is 19.0 Å². The highest BCUT2D eigenvalue weighted by Gasteiger charge is 2.42. The van der Waals surface area contributed by atoms with E-state index in [1.807, 2.05) is 6.07 Å². The number of pyridine rings is 1. The molecule has 0 spiro atoms. The van der Waals surface area contributed by atoms with E-state index in [4.69, 9.17) is 4.74 Å². The van der Waals surface area contributed by atoms with Crippen LogP contribution in [0.5, 0.6) is 0 Å². The average molecular weight is 337 g/mol. The van der Waals surface area contributed by atoms with Gasteiger partial charge in [-0.15, -0.1) is 0 Å². The van der Waals surface area contributed by atoms with Crippen LogP contribution in [-0.4, -0.2) is 73.2 Å². The summed E-state index contributed by atoms with van der Waals surface area (Å²) >= 11 is 0. The van der Waals surface area contributed by atoms with E-state index in [9.17, 15) is 13.2 Å². The number of amides is 1. The molecule has 2 aliphatic rings. The van der Waals surface area contributed by atoms with Crippen molar-refractivity contribution < 1.29 is 17.9 Å². The Balaban J connectivity index is 1.54. The Morgan fingerprint density at radius 3 is 2.70 bits per heavy atom. The molecule has 1 aromatic rings. The van der Waals surface area contributed by atoms with E-state index < -0.39 is 15.3 Å². The number of nitrogens with zero attached hydrogens (tertiary/aromatic N) is 3. The van der Waals surface area contributed by atoms with Crippen LogP contribution in [0.15, 0.2) is 30.6 Å². The fourth-order valence-electron chi connectivity index (χ4n) is 2.57. The number of sulfonamides is 1. The number of ether oxygens (including phenoxy) is 1. The molecule has 7 nitrogen and oxygen atoms in total. The lowest BCUT2D eigenvalue weighted by molar-refractivity contribution is -0.129. The lowest BCUT2D eigenvalue weighted by Crippen LogP contribution is -2.60. The van der Waals surface area contributed by atoms with Crippen molar-refractivity contribution in [3.8, 4) is 0 Å². The van der Waals surface area contributed by atoms with Crippen LogP contribution >= 0.6 is 0 Å². The maximum atomic E-state index is 12.4. The molecule has 8 heteroatoms. The summed E-state index contributed by atoms with van der Waals surface area (Å²) in [6.07, 6.45) is 6.45. The fourth-order valence-corrected chi connectivity index (χ4v) is 4.38. The van der Waals surface area contributed by atoms with Gasteiger partial charge in [-0.1, -0.05) is 6.07 Å². The SMILES string of the molecule is O=C(C=Cc1cccnc1)N1CC(S(=O)(=O)N2CCOCC2)C1. The van der Waals surface area contributed by atoms with Crippen LogP contribution in [0.4, 0.5) is 0 Å². The molecule has 1 aromatic heterocycles. The molecule has 0 unspecified atom stereocenters. The number of carbonyl (C=O) groups excluding carboxylic acids is 1. The zero-order valence-electron chi connectivity index (χ0n) is 12.7. The van der Waals surface area contributed by atoms with E-state index in [0.717, 1.165) is 5.56 Å². The van der Waals surface area contributed by atoms with Crippen LogP contribution < -0.4 is 0 Å². The minimum atomic E-state index is -3.33. The van der Waals surface area contributed by atoms with Gasteiger partial charge in [-0.2, -0.15) is 4.31 Å². The second-order valence-electron chi connectivity index (χ2n) is 5.54. The molecule has 0 bridgehead atoms. The maximum Gasteiger partial charge on any atom is 0.246 e. The van der Waals surface area contributed by atoms with Gasteiger partial charge in [0.25, 0.3) is 0 Å². The maximum absolute atomic E-state index is 12.4. The van der Waals surface area contributed by atoms with Gasteiger partial charge in [-0.05, 0) is 17.7 Å². The zero-order chi connectivity index (χ0) is 16.3. The van der Waals surface area contributed by atoms with Crippen molar-refractivity contribution in [2.45, 2.75) is 5.25 Å². The third-order valence-corrected chi connectivity index (χ3v) is 6.24. The smallest absolute Gasteiger partial charge is 0.246 e. The van der Waals surface area contributed by atoms with E-state index in [1.165, 1.54) is 15.3 Å². The number of hydrogen-bond donors (Lipinski definition) is 0. The van der Waals surface area contributed by atoms with Gasteiger partial charge in [0.2, 0.25) is 15.9 Å². The monoisotopic (exact) mass is 337 g/mol. The Morgan fingerprint density at radius 1 is 1.30 bits per heavy atom. The average Bonchev–Trinajstić information content (AvgIpc) is 2.53. The Kier molecular flexibility index (Phi) is 4.74. The largest absolute Gasteiger partial charge is 0.379 e. The molecular formula is C15H19N3O4S. The molecule has 3 rings (SSSR count). The Bertz CT molecular complexity index is 678. The van der Waals surface area contributed by atoms with Crippen molar-refractivity contribution in [2.24, 2.45) is 0 Å². The molecule has 124 valence electrons. The van der Waals surface area contributed by atoms with E-state index >= 15 is 0 Å². The second kappa shape index (κ2) is 6.77. The van der Waals surface area contributed by atoms with Crippen LogP contribution in [0.25, 0.3) is 6.08 Å². The highest BCUT2D eigenvalue weighted by molar-refractivity contribution is 7.89. The fraction of sp³-hybridized carbons (Fsp3) is 0.467. The van der Waals surface area contributed by atoms with Gasteiger partial charge in [0.1, 0.15) is 5.25 Å². The van der Waals surface area contributed by atoms with Crippen LogP contribution in [-0.2, 0) is 19.6 Å². The topological polar surface area (TPSA) is 79.8 Å². The third-order valence-electron chi connectivity index (χ3n) is 4.01. The van der Waals surface area contributed by atoms with Crippen molar-refractivity contribution in [1.29, 1.82) is 0 Å². The quantitative estimate of drug-likeness (QED) is 0.721. The van der Waals surface area contributed by atoms with Crippen molar-refractivity contribution in [1.82, 2.24) is 14.2 Å². The lowest BCUT2D eigenvalue weighted by atomic mass is 10.2. The number of morpholine rings is 1. The third kappa shape index (κ3) is 3.60. The van der Waals surface area contributed by atoms with Gasteiger partial charge < -0.3 is 9.64 Å². The number of aromatic nitrogens is 1. The Morgan fingerprint density at radius 2 is 2.04 bits per heavy atom. The molecule has 2 aliphatic heterocycles. The van der Waals surface area contributed by atoms with Gasteiger partial charge in [0.15, 0.2) is 0 Å². The normalized spacial score (nSPS) is 20.6. The number of carbonyl (C=O) groups is 1. The summed E-state index contributed by atoms with van der Waals surface area (Å²) < 4.78 is 31.5. The van der Waals surface area contributed by atoms with Gasteiger partial charge in [-0.3, -0.25) is 9.78 Å². The summed E-state index contributed by atoms with van der Waals surface area (Å²) in [4.78, 5) is 17.5. The minimum absolute atomic E-state index is 0.178.